The number of nitrogens with zero attached hydrogens (tertiary/aromatic N) is 3. The van der Waals surface area contributed by atoms with Crippen LogP contribution in [0.25, 0.3) is 11.3 Å². The van der Waals surface area contributed by atoms with Crippen molar-refractivity contribution in [2.75, 3.05) is 13.7 Å². The summed E-state index contributed by atoms with van der Waals surface area (Å²) in [4.78, 5) is 9.23. The smallest absolute Gasteiger partial charge is 0.451 e. The summed E-state index contributed by atoms with van der Waals surface area (Å²) in [6, 6.07) is 9.16. The molecule has 3 aromatic rings. The van der Waals surface area contributed by atoms with Crippen LogP contribution in [0, 0.1) is 0 Å². The summed E-state index contributed by atoms with van der Waals surface area (Å²) in [6.45, 7) is 1.59. The van der Waals surface area contributed by atoms with Crippen LogP contribution in [-0.2, 0) is 25.7 Å². The summed E-state index contributed by atoms with van der Waals surface area (Å²) in [7, 11) is 1.55. The Morgan fingerprint density at radius 2 is 2.07 bits per heavy atom. The number of hydrogen-bond donors (Lipinski definition) is 0. The SMILES string of the molecule is COc1ccc(-c2ccc(CN3CCc4nc(C(F)(F)F)ncc4C3)o2)cc1Cl. The van der Waals surface area contributed by atoms with Crippen LogP contribution in [0.5, 0.6) is 5.75 Å². The molecule has 0 fully saturated rings. The van der Waals surface area contributed by atoms with Crippen molar-refractivity contribution < 1.29 is 22.3 Å². The molecule has 0 spiro atoms. The van der Waals surface area contributed by atoms with Gasteiger partial charge in [0.2, 0.25) is 5.82 Å². The number of hydrogen-bond acceptors (Lipinski definition) is 5. The predicted molar refractivity (Wildman–Crippen MR) is 101 cm³/mol. The van der Waals surface area contributed by atoms with Crippen LogP contribution >= 0.6 is 11.6 Å². The predicted octanol–water partition coefficient (Wildman–Crippen LogP) is 4.98. The minimum absolute atomic E-state index is 0.433. The highest BCUT2D eigenvalue weighted by Gasteiger charge is 2.35. The first-order valence-electron chi connectivity index (χ1n) is 8.90. The van der Waals surface area contributed by atoms with Crippen molar-refractivity contribution in [2.24, 2.45) is 0 Å². The van der Waals surface area contributed by atoms with E-state index in [9.17, 15) is 13.2 Å². The number of fused-ring (bicyclic) bond motifs is 1. The topological polar surface area (TPSA) is 51.4 Å². The van der Waals surface area contributed by atoms with Crippen LogP contribution in [0.1, 0.15) is 22.8 Å². The highest BCUT2D eigenvalue weighted by molar-refractivity contribution is 6.32. The van der Waals surface area contributed by atoms with E-state index in [0.29, 0.717) is 53.8 Å². The Labute approximate surface area is 170 Å². The van der Waals surface area contributed by atoms with Gasteiger partial charge in [0, 0.05) is 36.8 Å². The molecule has 9 heteroatoms. The molecule has 1 aromatic carbocycles. The van der Waals surface area contributed by atoms with Gasteiger partial charge in [-0.3, -0.25) is 4.90 Å². The van der Waals surface area contributed by atoms with Gasteiger partial charge in [0.25, 0.3) is 0 Å². The number of ether oxygens (including phenoxy) is 1. The number of halogens is 4. The lowest BCUT2D eigenvalue weighted by Crippen LogP contribution is -2.31. The molecule has 0 N–H and O–H groups in total. The van der Waals surface area contributed by atoms with Crippen molar-refractivity contribution in [1.82, 2.24) is 14.9 Å². The fourth-order valence-corrected chi connectivity index (χ4v) is 3.56. The van der Waals surface area contributed by atoms with Crippen LogP contribution < -0.4 is 4.74 Å². The maximum atomic E-state index is 12.8. The highest BCUT2D eigenvalue weighted by atomic mass is 35.5. The summed E-state index contributed by atoms with van der Waals surface area (Å²) in [5, 5.41) is 0.494. The molecule has 0 aliphatic carbocycles. The van der Waals surface area contributed by atoms with Crippen molar-refractivity contribution in [3.63, 3.8) is 0 Å². The fourth-order valence-electron chi connectivity index (χ4n) is 3.30. The molecule has 0 bridgehead atoms. The minimum Gasteiger partial charge on any atom is -0.495 e. The molecule has 5 nitrogen and oxygen atoms in total. The summed E-state index contributed by atoms with van der Waals surface area (Å²) < 4.78 is 49.4. The third-order valence-corrected chi connectivity index (χ3v) is 5.04. The third kappa shape index (κ3) is 4.23. The second-order valence-electron chi connectivity index (χ2n) is 6.74. The zero-order valence-corrected chi connectivity index (χ0v) is 16.2. The second-order valence-corrected chi connectivity index (χ2v) is 7.15. The van der Waals surface area contributed by atoms with Gasteiger partial charge in [-0.25, -0.2) is 9.97 Å². The Bertz CT molecular complexity index is 1040. The van der Waals surface area contributed by atoms with Gasteiger partial charge in [-0.2, -0.15) is 13.2 Å². The Kier molecular flexibility index (Phi) is 5.23. The standard InChI is InChI=1S/C20H17ClF3N3O2/c1-28-18-4-2-12(8-15(18)21)17-5-3-14(29-17)11-27-7-6-16-13(10-27)9-25-19(26-16)20(22,23)24/h2-5,8-9H,6-7,10-11H2,1H3. The lowest BCUT2D eigenvalue weighted by atomic mass is 10.1. The molecule has 4 rings (SSSR count). The van der Waals surface area contributed by atoms with Crippen molar-refractivity contribution in [1.29, 1.82) is 0 Å². The third-order valence-electron chi connectivity index (χ3n) is 4.74. The molecule has 1 aliphatic heterocycles. The van der Waals surface area contributed by atoms with E-state index in [1.54, 1.807) is 19.2 Å². The molecular weight excluding hydrogens is 407 g/mol. The molecule has 0 saturated heterocycles. The van der Waals surface area contributed by atoms with E-state index in [4.69, 9.17) is 20.8 Å². The summed E-state index contributed by atoms with van der Waals surface area (Å²) in [5.41, 5.74) is 1.99. The van der Waals surface area contributed by atoms with Crippen molar-refractivity contribution in [2.45, 2.75) is 25.7 Å². The van der Waals surface area contributed by atoms with E-state index in [2.05, 4.69) is 14.9 Å². The van der Waals surface area contributed by atoms with Gasteiger partial charge in [-0.15, -0.1) is 0 Å². The van der Waals surface area contributed by atoms with Gasteiger partial charge in [-0.05, 0) is 30.3 Å². The summed E-state index contributed by atoms with van der Waals surface area (Å²) in [5.74, 6) is 0.937. The lowest BCUT2D eigenvalue weighted by Gasteiger charge is -2.27. The minimum atomic E-state index is -4.53. The first-order valence-corrected chi connectivity index (χ1v) is 9.28. The Morgan fingerprint density at radius 3 is 2.79 bits per heavy atom. The molecule has 29 heavy (non-hydrogen) atoms. The Balaban J connectivity index is 1.45. The van der Waals surface area contributed by atoms with E-state index < -0.39 is 12.0 Å². The largest absolute Gasteiger partial charge is 0.495 e. The second kappa shape index (κ2) is 7.68. The van der Waals surface area contributed by atoms with Gasteiger partial charge in [0.15, 0.2) is 0 Å². The lowest BCUT2D eigenvalue weighted by molar-refractivity contribution is -0.145. The number of furan rings is 1. The van der Waals surface area contributed by atoms with Crippen LogP contribution in [0.4, 0.5) is 13.2 Å². The molecule has 3 heterocycles. The molecule has 1 aliphatic rings. The number of methoxy groups -OCH3 is 1. The number of aromatic nitrogens is 2. The Morgan fingerprint density at radius 1 is 1.24 bits per heavy atom. The quantitative estimate of drug-likeness (QED) is 0.592. The number of rotatable bonds is 4. The average Bonchev–Trinajstić information content (AvgIpc) is 3.15. The summed E-state index contributed by atoms with van der Waals surface area (Å²) in [6.07, 6.45) is -2.83. The molecule has 0 saturated carbocycles. The zero-order valence-electron chi connectivity index (χ0n) is 15.5. The van der Waals surface area contributed by atoms with E-state index in [-0.39, 0.29) is 0 Å². The molecule has 0 radical (unpaired) electrons. The van der Waals surface area contributed by atoms with Gasteiger partial charge in [0.05, 0.1) is 24.4 Å². The first-order chi connectivity index (χ1) is 13.8. The maximum Gasteiger partial charge on any atom is 0.451 e. The van der Waals surface area contributed by atoms with Crippen LogP contribution in [0.3, 0.4) is 0 Å². The molecule has 0 amide bonds. The maximum absolute atomic E-state index is 12.8. The monoisotopic (exact) mass is 423 g/mol. The van der Waals surface area contributed by atoms with Gasteiger partial charge in [0.1, 0.15) is 17.3 Å². The van der Waals surface area contributed by atoms with Crippen molar-refractivity contribution >= 4 is 11.6 Å². The van der Waals surface area contributed by atoms with E-state index in [0.717, 1.165) is 11.3 Å². The van der Waals surface area contributed by atoms with Crippen LogP contribution in [0.15, 0.2) is 40.9 Å². The molecule has 0 atom stereocenters. The van der Waals surface area contributed by atoms with Crippen molar-refractivity contribution in [3.05, 3.63) is 64.4 Å². The molecule has 152 valence electrons. The number of benzene rings is 1. The molecule has 0 unspecified atom stereocenters. The number of alkyl halides is 3. The van der Waals surface area contributed by atoms with E-state index in [1.807, 2.05) is 18.2 Å². The van der Waals surface area contributed by atoms with Crippen LogP contribution in [-0.4, -0.2) is 28.5 Å². The van der Waals surface area contributed by atoms with Gasteiger partial charge >= 0.3 is 6.18 Å². The van der Waals surface area contributed by atoms with Crippen LogP contribution in [0.2, 0.25) is 5.02 Å². The van der Waals surface area contributed by atoms with Crippen molar-refractivity contribution in [3.8, 4) is 17.1 Å². The first kappa shape index (κ1) is 19.7. The molecular formula is C20H17ClF3N3O2. The molecule has 2 aromatic heterocycles. The highest BCUT2D eigenvalue weighted by Crippen LogP contribution is 2.32. The van der Waals surface area contributed by atoms with Gasteiger partial charge < -0.3 is 9.15 Å². The normalized spacial score (nSPS) is 14.7. The fraction of sp³-hybridized carbons (Fsp3) is 0.300. The van der Waals surface area contributed by atoms with Gasteiger partial charge in [-0.1, -0.05) is 11.6 Å². The zero-order chi connectivity index (χ0) is 20.6. The summed E-state index contributed by atoms with van der Waals surface area (Å²) >= 11 is 6.17. The van der Waals surface area contributed by atoms with E-state index >= 15 is 0 Å². The average molecular weight is 424 g/mol. The van der Waals surface area contributed by atoms with E-state index in [1.165, 1.54) is 6.20 Å². The Hall–Kier alpha value is -2.58.